The maximum absolute atomic E-state index is 12.1. The number of hydrogen-bond donors (Lipinski definition) is 3. The highest BCUT2D eigenvalue weighted by molar-refractivity contribution is 5.92. The molecule has 124 valence electrons. The Balaban J connectivity index is 0.00000192. The predicted molar refractivity (Wildman–Crippen MR) is 88.6 cm³/mol. The first kappa shape index (κ1) is 17.5. The van der Waals surface area contributed by atoms with Crippen LogP contribution in [0, 0.1) is 12.8 Å². The highest BCUT2D eigenvalue weighted by Gasteiger charge is 2.25. The van der Waals surface area contributed by atoms with Crippen molar-refractivity contribution in [1.29, 1.82) is 0 Å². The second-order valence-electron chi connectivity index (χ2n) is 5.64. The third-order valence-corrected chi connectivity index (χ3v) is 3.91. The molecule has 1 aliphatic heterocycles. The zero-order valence-electron chi connectivity index (χ0n) is 12.8. The molecule has 7 heteroatoms. The van der Waals surface area contributed by atoms with E-state index in [1.165, 1.54) is 0 Å². The summed E-state index contributed by atoms with van der Waals surface area (Å²) in [6.45, 7) is 3.69. The van der Waals surface area contributed by atoms with Gasteiger partial charge in [-0.25, -0.2) is 0 Å². The molecule has 3 N–H and O–H groups in total. The number of carbonyl (C=O) groups is 1. The zero-order valence-corrected chi connectivity index (χ0v) is 13.6. The van der Waals surface area contributed by atoms with Crippen LogP contribution in [0.2, 0.25) is 0 Å². The molecule has 0 spiro atoms. The molecule has 2 heterocycles. The molecule has 0 aliphatic carbocycles. The molecule has 1 amide bonds. The number of halogens is 1. The van der Waals surface area contributed by atoms with Crippen molar-refractivity contribution in [3.05, 3.63) is 41.7 Å². The van der Waals surface area contributed by atoms with Gasteiger partial charge in [0.15, 0.2) is 0 Å². The van der Waals surface area contributed by atoms with Crippen LogP contribution >= 0.6 is 12.4 Å². The summed E-state index contributed by atoms with van der Waals surface area (Å²) < 4.78 is 5.11. The Morgan fingerprint density at radius 3 is 2.78 bits per heavy atom. The van der Waals surface area contributed by atoms with E-state index >= 15 is 0 Å². The van der Waals surface area contributed by atoms with Gasteiger partial charge in [0.2, 0.25) is 5.76 Å². The van der Waals surface area contributed by atoms with E-state index in [0.29, 0.717) is 25.3 Å². The van der Waals surface area contributed by atoms with Gasteiger partial charge in [0.05, 0.1) is 6.10 Å². The second-order valence-corrected chi connectivity index (χ2v) is 5.64. The average molecular weight is 338 g/mol. The summed E-state index contributed by atoms with van der Waals surface area (Å²) in [5.41, 5.74) is 2.70. The number of aryl methyl sites for hydroxylation is 1. The van der Waals surface area contributed by atoms with Crippen LogP contribution in [-0.4, -0.2) is 41.9 Å². The number of nitrogens with one attached hydrogen (secondary N) is 2. The lowest BCUT2D eigenvalue weighted by Crippen LogP contribution is -2.34. The molecule has 1 saturated heterocycles. The number of hydrogen-bond acceptors (Lipinski definition) is 5. The molecular weight excluding hydrogens is 318 g/mol. The van der Waals surface area contributed by atoms with Crippen molar-refractivity contribution in [2.45, 2.75) is 13.0 Å². The van der Waals surface area contributed by atoms with Gasteiger partial charge in [0, 0.05) is 37.2 Å². The molecule has 3 rings (SSSR count). The minimum atomic E-state index is -0.418. The minimum Gasteiger partial charge on any atom is -0.391 e. The molecule has 0 bridgehead atoms. The van der Waals surface area contributed by atoms with Crippen molar-refractivity contribution in [3.8, 4) is 11.3 Å². The number of aliphatic hydroxyl groups excluding tert-OH is 1. The van der Waals surface area contributed by atoms with E-state index < -0.39 is 6.10 Å². The highest BCUT2D eigenvalue weighted by Crippen LogP contribution is 2.19. The summed E-state index contributed by atoms with van der Waals surface area (Å²) in [7, 11) is 0. The smallest absolute Gasteiger partial charge is 0.289 e. The second kappa shape index (κ2) is 7.59. The molecule has 1 aromatic heterocycles. The molecule has 1 aromatic carbocycles. The van der Waals surface area contributed by atoms with Crippen LogP contribution in [0.25, 0.3) is 11.3 Å². The van der Waals surface area contributed by atoms with Crippen LogP contribution in [0.15, 0.2) is 34.9 Å². The maximum atomic E-state index is 12.1. The van der Waals surface area contributed by atoms with Gasteiger partial charge < -0.3 is 20.3 Å². The van der Waals surface area contributed by atoms with E-state index in [1.54, 1.807) is 6.07 Å². The summed E-state index contributed by atoms with van der Waals surface area (Å²) in [5.74, 6) is -0.107. The van der Waals surface area contributed by atoms with Crippen LogP contribution in [0.3, 0.4) is 0 Å². The van der Waals surface area contributed by atoms with Crippen LogP contribution < -0.4 is 10.6 Å². The monoisotopic (exact) mass is 337 g/mol. The quantitative estimate of drug-likeness (QED) is 0.784. The van der Waals surface area contributed by atoms with Crippen LogP contribution in [0.1, 0.15) is 16.1 Å². The van der Waals surface area contributed by atoms with E-state index in [9.17, 15) is 9.90 Å². The SMILES string of the molecule is Cc1ccc(-c2cc(C(=O)NCC3CNCC3O)on2)cc1.Cl. The van der Waals surface area contributed by atoms with E-state index in [0.717, 1.165) is 11.1 Å². The fraction of sp³-hybridized carbons (Fsp3) is 0.375. The average Bonchev–Trinajstić information content (AvgIpc) is 3.15. The number of aromatic nitrogens is 1. The van der Waals surface area contributed by atoms with Gasteiger partial charge in [-0.05, 0) is 6.92 Å². The van der Waals surface area contributed by atoms with E-state index in [4.69, 9.17) is 4.52 Å². The topological polar surface area (TPSA) is 87.4 Å². The fourth-order valence-corrected chi connectivity index (χ4v) is 2.48. The van der Waals surface area contributed by atoms with Gasteiger partial charge in [-0.3, -0.25) is 4.79 Å². The number of carbonyl (C=O) groups excluding carboxylic acids is 1. The van der Waals surface area contributed by atoms with Gasteiger partial charge >= 0.3 is 0 Å². The van der Waals surface area contributed by atoms with E-state index in [1.807, 2.05) is 31.2 Å². The Labute approximate surface area is 140 Å². The van der Waals surface area contributed by atoms with Crippen molar-refractivity contribution in [2.75, 3.05) is 19.6 Å². The molecule has 23 heavy (non-hydrogen) atoms. The van der Waals surface area contributed by atoms with Crippen LogP contribution in [-0.2, 0) is 0 Å². The summed E-state index contributed by atoms with van der Waals surface area (Å²) in [5, 5.41) is 19.5. The molecule has 2 aromatic rings. The Morgan fingerprint density at radius 2 is 2.13 bits per heavy atom. The molecular formula is C16H20ClN3O3. The van der Waals surface area contributed by atoms with Crippen LogP contribution in [0.5, 0.6) is 0 Å². The first-order valence-corrected chi connectivity index (χ1v) is 7.34. The molecule has 1 aliphatic rings. The Kier molecular flexibility index (Phi) is 5.76. The number of β-amino-alcohol motifs (C(OH)–C–C–N with tert-alkyl or cyclic N) is 1. The molecule has 2 atom stereocenters. The molecule has 1 fully saturated rings. The third-order valence-electron chi connectivity index (χ3n) is 3.91. The summed E-state index contributed by atoms with van der Waals surface area (Å²) >= 11 is 0. The highest BCUT2D eigenvalue weighted by atomic mass is 35.5. The van der Waals surface area contributed by atoms with Crippen molar-refractivity contribution in [3.63, 3.8) is 0 Å². The molecule has 0 radical (unpaired) electrons. The molecule has 2 unspecified atom stereocenters. The predicted octanol–water partition coefficient (Wildman–Crippen LogP) is 1.38. The number of nitrogens with zero attached hydrogens (tertiary/aromatic N) is 1. The standard InChI is InChI=1S/C16H19N3O3.ClH/c1-10-2-4-11(5-3-10)13-6-15(22-19-13)16(21)18-8-12-7-17-9-14(12)20;/h2-6,12,14,17,20H,7-9H2,1H3,(H,18,21);1H. The van der Waals surface area contributed by atoms with Gasteiger partial charge in [0.25, 0.3) is 5.91 Å². The first-order valence-electron chi connectivity index (χ1n) is 7.34. The van der Waals surface area contributed by atoms with Crippen molar-refractivity contribution < 1.29 is 14.4 Å². The zero-order chi connectivity index (χ0) is 15.5. The lowest BCUT2D eigenvalue weighted by molar-refractivity contribution is 0.0891. The lowest BCUT2D eigenvalue weighted by atomic mass is 10.1. The van der Waals surface area contributed by atoms with Gasteiger partial charge in [0.1, 0.15) is 5.69 Å². The van der Waals surface area contributed by atoms with Gasteiger partial charge in [-0.1, -0.05) is 35.0 Å². The van der Waals surface area contributed by atoms with E-state index in [2.05, 4.69) is 15.8 Å². The van der Waals surface area contributed by atoms with Gasteiger partial charge in [-0.2, -0.15) is 0 Å². The number of benzene rings is 1. The summed E-state index contributed by atoms with van der Waals surface area (Å²) in [4.78, 5) is 12.1. The van der Waals surface area contributed by atoms with Crippen molar-refractivity contribution in [1.82, 2.24) is 15.8 Å². The van der Waals surface area contributed by atoms with Crippen molar-refractivity contribution >= 4 is 18.3 Å². The summed E-state index contributed by atoms with van der Waals surface area (Å²) in [6, 6.07) is 9.48. The number of amides is 1. The lowest BCUT2D eigenvalue weighted by Gasteiger charge is -2.12. The Hall–Kier alpha value is -1.89. The Bertz CT molecular complexity index is 657. The van der Waals surface area contributed by atoms with Crippen molar-refractivity contribution in [2.24, 2.45) is 5.92 Å². The third kappa shape index (κ3) is 4.10. The number of aliphatic hydroxyl groups is 1. The largest absolute Gasteiger partial charge is 0.391 e. The normalized spacial score (nSPS) is 20.1. The molecule has 0 saturated carbocycles. The van der Waals surface area contributed by atoms with E-state index in [-0.39, 0.29) is 30.0 Å². The summed E-state index contributed by atoms with van der Waals surface area (Å²) in [6.07, 6.45) is -0.418. The van der Waals surface area contributed by atoms with Crippen LogP contribution in [0.4, 0.5) is 0 Å². The first-order chi connectivity index (χ1) is 10.6. The Morgan fingerprint density at radius 1 is 1.39 bits per heavy atom. The maximum Gasteiger partial charge on any atom is 0.289 e. The van der Waals surface area contributed by atoms with Gasteiger partial charge in [-0.15, -0.1) is 12.4 Å². The fourth-order valence-electron chi connectivity index (χ4n) is 2.48. The minimum absolute atomic E-state index is 0. The molecule has 6 nitrogen and oxygen atoms in total. The number of rotatable bonds is 4.